The normalized spacial score (nSPS) is 12.2. The Hall–Kier alpha value is -18.8. The van der Waals surface area contributed by atoms with Crippen molar-refractivity contribution in [3.63, 3.8) is 0 Å². The number of carbonyl (C=O) groups excluding carboxylic acids is 15. The molecule has 0 saturated heterocycles. The molecular formula is C110H109N21O15. The zero-order chi connectivity index (χ0) is 105. The lowest BCUT2D eigenvalue weighted by Crippen LogP contribution is -2.47. The summed E-state index contributed by atoms with van der Waals surface area (Å²) >= 11 is 0. The smallest absolute Gasteiger partial charge is 0.287 e. The van der Waals surface area contributed by atoms with E-state index in [0.29, 0.717) is 63.3 Å². The van der Waals surface area contributed by atoms with Gasteiger partial charge in [0.2, 0.25) is 28.9 Å². The minimum Gasteiger partial charge on any atom is -0.363 e. The molecule has 10 amide bonds. The molecule has 15 aromatic rings. The average molecular weight is 1970 g/mol. The first-order chi connectivity index (χ1) is 70.2. The maximum absolute atomic E-state index is 13.2. The summed E-state index contributed by atoms with van der Waals surface area (Å²) < 4.78 is 8.17. The number of nitrogens with two attached hydrogens (primary N) is 5. The summed E-state index contributed by atoms with van der Waals surface area (Å²) in [6.07, 6.45) is 11.1. The highest BCUT2D eigenvalue weighted by Gasteiger charge is 2.36. The lowest BCUT2D eigenvalue weighted by molar-refractivity contribution is -0.137. The highest BCUT2D eigenvalue weighted by atomic mass is 16.2. The molecule has 0 aliphatic heterocycles. The van der Waals surface area contributed by atoms with Gasteiger partial charge in [0.1, 0.15) is 53.0 Å². The predicted octanol–water partition coefficient (Wildman–Crippen LogP) is 9.44. The molecular weight excluding hydrogens is 1860 g/mol. The fourth-order valence-corrected chi connectivity index (χ4v) is 15.4. The van der Waals surface area contributed by atoms with Gasteiger partial charge in [0.25, 0.3) is 59.1 Å². The first kappa shape index (κ1) is 106. The van der Waals surface area contributed by atoms with Crippen LogP contribution in [0.25, 0.3) is 56.3 Å². The first-order valence-corrected chi connectivity index (χ1v) is 46.6. The molecule has 16 rings (SSSR count). The number of pyridine rings is 1. The third-order valence-corrected chi connectivity index (χ3v) is 22.9. The van der Waals surface area contributed by atoms with Crippen LogP contribution in [0.15, 0.2) is 322 Å². The number of hydrogen-bond acceptors (Lipinski definition) is 21. The van der Waals surface area contributed by atoms with Gasteiger partial charge < -0.3 is 55.3 Å². The SMILES string of the molecule is CC(C)n1cc(C(=O)NC(Cc2ccccc2)C(=O)C(N)=O)c(-c2ccccc2)n1.CCn1cc(C(=O)NC(Cc2ccccc2)C(=O)C(N)=O)c(-c2ccccc2)n1.Cc1cccc(-c2nn(C)cc2C(=O)NC(Cc2ccccc2)C(=O)C(N)=O)n1.Cn1cc(-c2ccccc2)c(C(=O)NC(Cc2ccccc2)C(=O)C(N)=O)n1.NC(=O)C(=O)C(Cc1ccccc1)NC(=O)c1cn(C2CC2)nc1-c1ccccc1. The molecule has 0 spiro atoms. The summed E-state index contributed by atoms with van der Waals surface area (Å²) in [4.78, 5) is 189. The van der Waals surface area contributed by atoms with E-state index in [-0.39, 0.29) is 49.4 Å². The van der Waals surface area contributed by atoms with Gasteiger partial charge in [-0.25, -0.2) is 0 Å². The second-order valence-corrected chi connectivity index (χ2v) is 34.3. The van der Waals surface area contributed by atoms with Crippen molar-refractivity contribution in [1.29, 1.82) is 0 Å². The zero-order valence-electron chi connectivity index (χ0n) is 80.7. The summed E-state index contributed by atoms with van der Waals surface area (Å²) in [6.45, 7) is 8.25. The number of nitrogens with one attached hydrogen (secondary N) is 5. The highest BCUT2D eigenvalue weighted by Crippen LogP contribution is 2.37. The van der Waals surface area contributed by atoms with E-state index >= 15 is 0 Å². The van der Waals surface area contributed by atoms with Crippen molar-refractivity contribution in [2.24, 2.45) is 42.8 Å². The van der Waals surface area contributed by atoms with Crippen LogP contribution in [0.1, 0.15) is 131 Å². The summed E-state index contributed by atoms with van der Waals surface area (Å²) in [7, 11) is 3.39. The van der Waals surface area contributed by atoms with Crippen molar-refractivity contribution in [2.75, 3.05) is 0 Å². The molecule has 36 nitrogen and oxygen atoms in total. The van der Waals surface area contributed by atoms with Crippen LogP contribution < -0.4 is 55.3 Å². The van der Waals surface area contributed by atoms with Crippen molar-refractivity contribution in [3.05, 3.63) is 384 Å². The van der Waals surface area contributed by atoms with Crippen molar-refractivity contribution < 1.29 is 71.9 Å². The lowest BCUT2D eigenvalue weighted by Gasteiger charge is -2.16. The standard InChI is InChI=1S/C23H22N4O3.C23H24N4O3.C22H22N4O3.C21H21N5O3.C21H20N4O3/c24-22(29)21(28)19(13-15-7-3-1-4-8-15)25-23(30)18-14-27(17-11-12-17)26-20(18)16-9-5-2-6-10-16;1-15(2)27-14-18(20(26-27)17-11-7-4-8-12-17)23(30)25-19(21(28)22(24)29)13-16-9-5-3-6-10-16;1-2-26-14-17(19(25-26)16-11-7-4-8-12-16)22(29)24-18(20(27)21(23)28)13-15-9-5-3-6-10-15;1-13-7-6-10-16(23-13)18-15(12-26(2)25-18)21(29)24-17(19(27)20(22)28)11-14-8-4-3-5-9-14;1-25-13-16(15-10-6-3-7-11-15)18(24-25)21(28)23-17(19(26)20(22)27)12-14-8-4-2-5-9-14/h1-10,14,17,19H,11-13H2,(H2,24,29)(H,25,30);3-12,14-15,19H,13H2,1-2H3,(H2,24,29)(H,25,30);3-12,14,18H,2,13H2,1H3,(H2,23,28)(H,24,29);3-10,12,17H,11H2,1-2H3,(H2,22,28)(H,24,29);2-11,13,17H,12H2,1H3,(H2,22,27)(H,23,28). The Morgan fingerprint density at radius 1 is 0.315 bits per heavy atom. The third-order valence-electron chi connectivity index (χ3n) is 22.9. The van der Waals surface area contributed by atoms with E-state index in [1.54, 1.807) is 77.3 Å². The van der Waals surface area contributed by atoms with Gasteiger partial charge in [-0.3, -0.25) is 100 Å². The number of rotatable bonds is 38. The van der Waals surface area contributed by atoms with Crippen molar-refractivity contribution in [2.45, 2.75) is 121 Å². The number of amides is 10. The maximum atomic E-state index is 13.2. The molecule has 1 fully saturated rings. The Morgan fingerprint density at radius 3 is 0.932 bits per heavy atom. The maximum Gasteiger partial charge on any atom is 0.287 e. The minimum atomic E-state index is -1.10. The molecule has 1 aliphatic carbocycles. The fraction of sp³-hybridized carbons (Fsp3) is 0.191. The Kier molecular flexibility index (Phi) is 37.0. The van der Waals surface area contributed by atoms with E-state index in [2.05, 4.69) is 57.1 Å². The van der Waals surface area contributed by atoms with Gasteiger partial charge in [0.05, 0.1) is 34.0 Å². The molecule has 6 heterocycles. The van der Waals surface area contributed by atoms with E-state index in [4.69, 9.17) is 28.7 Å². The number of primary amides is 5. The molecule has 146 heavy (non-hydrogen) atoms. The van der Waals surface area contributed by atoms with Gasteiger partial charge in [-0.1, -0.05) is 279 Å². The van der Waals surface area contributed by atoms with Crippen LogP contribution in [0.5, 0.6) is 0 Å². The first-order valence-electron chi connectivity index (χ1n) is 46.6. The Morgan fingerprint density at radius 2 is 0.610 bits per heavy atom. The Bertz CT molecular complexity index is 6990. The van der Waals surface area contributed by atoms with Crippen molar-refractivity contribution >= 4 is 88.0 Å². The number of nitrogens with zero attached hydrogens (tertiary/aromatic N) is 11. The van der Waals surface area contributed by atoms with Crippen molar-refractivity contribution in [3.8, 4) is 56.3 Å². The summed E-state index contributed by atoms with van der Waals surface area (Å²) in [6, 6.07) is 83.4. The van der Waals surface area contributed by atoms with Crippen LogP contribution in [0.4, 0.5) is 0 Å². The number of Topliss-reactive ketones (excluding diaryl/α,β-unsaturated/α-hetero) is 5. The van der Waals surface area contributed by atoms with E-state index in [1.807, 2.05) is 301 Å². The molecule has 36 heteroatoms. The largest absolute Gasteiger partial charge is 0.363 e. The van der Waals surface area contributed by atoms with Gasteiger partial charge in [-0.05, 0) is 86.1 Å². The molecule has 9 aromatic carbocycles. The second-order valence-electron chi connectivity index (χ2n) is 34.3. The van der Waals surface area contributed by atoms with Gasteiger partial charge in [-0.2, -0.15) is 25.5 Å². The zero-order valence-corrected chi connectivity index (χ0v) is 80.7. The van der Waals surface area contributed by atoms with Crippen LogP contribution in [0, 0.1) is 6.92 Å². The van der Waals surface area contributed by atoms with E-state index in [1.165, 1.54) is 9.36 Å². The molecule has 15 N–H and O–H groups in total. The van der Waals surface area contributed by atoms with E-state index in [9.17, 15) is 71.9 Å². The number of aryl methyl sites for hydroxylation is 4. The predicted molar refractivity (Wildman–Crippen MR) is 545 cm³/mol. The Balaban J connectivity index is 0.000000162. The van der Waals surface area contributed by atoms with E-state index in [0.717, 1.165) is 68.6 Å². The Labute approximate surface area is 840 Å². The molecule has 6 aromatic heterocycles. The van der Waals surface area contributed by atoms with E-state index < -0.39 is 118 Å². The van der Waals surface area contributed by atoms with Crippen molar-refractivity contribution in [1.82, 2.24) is 80.5 Å². The molecule has 0 radical (unpaired) electrons. The molecule has 5 unspecified atom stereocenters. The molecule has 1 aliphatic rings. The van der Waals surface area contributed by atoms with Gasteiger partial charge >= 0.3 is 0 Å². The minimum absolute atomic E-state index is 0.0429. The second kappa shape index (κ2) is 50.9. The summed E-state index contributed by atoms with van der Waals surface area (Å²) in [5, 5.41) is 35.5. The quantitative estimate of drug-likeness (QED) is 0.0161. The van der Waals surface area contributed by atoms with Crippen LogP contribution in [0.3, 0.4) is 0 Å². The average Bonchev–Trinajstić information content (AvgIpc) is 1.64. The topological polar surface area (TPSA) is 548 Å². The van der Waals surface area contributed by atoms with Crippen LogP contribution in [-0.2, 0) is 101 Å². The molecule has 1 saturated carbocycles. The number of benzene rings is 9. The highest BCUT2D eigenvalue weighted by molar-refractivity contribution is 6.40. The van der Waals surface area contributed by atoms with Crippen LogP contribution >= 0.6 is 0 Å². The van der Waals surface area contributed by atoms with Crippen LogP contribution in [0.2, 0.25) is 0 Å². The molecule has 744 valence electrons. The van der Waals surface area contributed by atoms with Gasteiger partial charge in [0, 0.05) is 118 Å². The van der Waals surface area contributed by atoms with Crippen LogP contribution in [-0.4, -0.2) is 172 Å². The molecule has 5 atom stereocenters. The molecule has 0 bridgehead atoms. The fourth-order valence-electron chi connectivity index (χ4n) is 15.4. The lowest BCUT2D eigenvalue weighted by atomic mass is 10.0. The number of aromatic nitrogens is 11. The number of hydrogen-bond donors (Lipinski definition) is 10. The monoisotopic (exact) mass is 1960 g/mol. The number of ketones is 5. The van der Waals surface area contributed by atoms with Gasteiger partial charge in [-0.15, -0.1) is 0 Å². The summed E-state index contributed by atoms with van der Waals surface area (Å²) in [5.41, 5.74) is 38.5. The van der Waals surface area contributed by atoms with Gasteiger partial charge in [0.15, 0.2) is 5.69 Å². The summed E-state index contributed by atoms with van der Waals surface area (Å²) in [5.74, 6) is -12.2. The number of carbonyl (C=O) groups is 15. The third kappa shape index (κ3) is 29.4.